The van der Waals surface area contributed by atoms with Gasteiger partial charge in [0, 0.05) is 14.1 Å². The minimum absolute atomic E-state index is 0.329. The summed E-state index contributed by atoms with van der Waals surface area (Å²) in [6.07, 6.45) is 1.53. The van der Waals surface area contributed by atoms with Crippen LogP contribution in [0.5, 0.6) is 0 Å². The summed E-state index contributed by atoms with van der Waals surface area (Å²) in [5.74, 6) is 0.0104. The van der Waals surface area contributed by atoms with E-state index in [0.717, 1.165) is 10.5 Å². The number of carbonyl (C=O) groups excluding carboxylic acids is 2. The lowest BCUT2D eigenvalue weighted by atomic mass is 10.1. The van der Waals surface area contributed by atoms with Crippen molar-refractivity contribution in [3.63, 3.8) is 0 Å². The van der Waals surface area contributed by atoms with Crippen LogP contribution in [0, 0.1) is 5.82 Å². The van der Waals surface area contributed by atoms with E-state index in [1.165, 1.54) is 30.3 Å². The lowest BCUT2D eigenvalue weighted by molar-refractivity contribution is -0.553. The number of halogens is 1. The number of aliphatic imine (C=N–C) groups is 1. The van der Waals surface area contributed by atoms with Gasteiger partial charge in [-0.1, -0.05) is 47.5 Å². The molecule has 2 aromatic carbocycles. The lowest BCUT2D eigenvalue weighted by Crippen LogP contribution is -2.61. The molecule has 0 radical (unpaired) electrons. The van der Waals surface area contributed by atoms with Crippen LogP contribution in [-0.2, 0) is 11.3 Å². The van der Waals surface area contributed by atoms with Gasteiger partial charge in [-0.25, -0.2) is 13.8 Å². The number of rotatable bonds is 4. The SMILES string of the molecule is CN1C(=O)C2C(=NC(N/N=C/c3ccc(F)cc3)=[N+]2Cc2ccccc2)N(C)C1=O. The number of benzene rings is 2. The van der Waals surface area contributed by atoms with Crippen LogP contribution in [-0.4, -0.2) is 64.5 Å². The molecule has 0 spiro atoms. The number of amidine groups is 1. The maximum absolute atomic E-state index is 13.1. The molecule has 30 heavy (non-hydrogen) atoms. The first-order valence-electron chi connectivity index (χ1n) is 9.31. The molecule has 0 aliphatic carbocycles. The normalized spacial score (nSPS) is 18.9. The number of hydrogen-bond donors (Lipinski definition) is 1. The molecule has 1 fully saturated rings. The summed E-state index contributed by atoms with van der Waals surface area (Å²) in [4.78, 5) is 32.1. The molecule has 2 aliphatic rings. The highest BCUT2D eigenvalue weighted by atomic mass is 19.1. The quantitative estimate of drug-likeness (QED) is 0.475. The minimum Gasteiger partial charge on any atom is -0.270 e. The highest BCUT2D eigenvalue weighted by Gasteiger charge is 2.51. The van der Waals surface area contributed by atoms with Crippen molar-refractivity contribution in [1.29, 1.82) is 0 Å². The average Bonchev–Trinajstić information content (AvgIpc) is 3.11. The first kappa shape index (κ1) is 19.4. The third-order valence-corrected chi connectivity index (χ3v) is 4.97. The number of hydrogen-bond acceptors (Lipinski definition) is 5. The van der Waals surface area contributed by atoms with E-state index in [1.807, 2.05) is 30.3 Å². The number of imide groups is 1. The van der Waals surface area contributed by atoms with E-state index in [0.29, 0.717) is 23.9 Å². The van der Waals surface area contributed by atoms with Gasteiger partial charge in [-0.3, -0.25) is 14.6 Å². The van der Waals surface area contributed by atoms with Crippen LogP contribution >= 0.6 is 0 Å². The Bertz CT molecular complexity index is 1080. The zero-order valence-electron chi connectivity index (χ0n) is 16.5. The highest BCUT2D eigenvalue weighted by Crippen LogP contribution is 2.20. The molecule has 9 heteroatoms. The second-order valence-corrected chi connectivity index (χ2v) is 6.97. The van der Waals surface area contributed by atoms with Gasteiger partial charge in [0.2, 0.25) is 11.9 Å². The smallest absolute Gasteiger partial charge is 0.270 e. The van der Waals surface area contributed by atoms with Crippen LogP contribution in [0.1, 0.15) is 11.1 Å². The van der Waals surface area contributed by atoms with Gasteiger partial charge in [0.1, 0.15) is 5.82 Å². The van der Waals surface area contributed by atoms with E-state index in [9.17, 15) is 14.0 Å². The van der Waals surface area contributed by atoms with E-state index >= 15 is 0 Å². The number of fused-ring (bicyclic) bond motifs is 1. The predicted molar refractivity (Wildman–Crippen MR) is 110 cm³/mol. The standard InChI is InChI=1S/C21H19FN6O2/c1-26-18-17(19(29)27(2)21(26)30)28(13-15-6-4-3-5-7-15)20(24-18)25-23-12-14-8-10-16(22)11-9-14/h3-12,17H,13H2,1-2H3/p+1/b23-12+. The number of amides is 3. The Morgan fingerprint density at radius 1 is 1.10 bits per heavy atom. The first-order chi connectivity index (χ1) is 14.5. The molecule has 2 aliphatic heterocycles. The van der Waals surface area contributed by atoms with Crippen LogP contribution in [0.4, 0.5) is 9.18 Å². The van der Waals surface area contributed by atoms with E-state index < -0.39 is 12.1 Å². The first-order valence-corrected chi connectivity index (χ1v) is 9.31. The summed E-state index contributed by atoms with van der Waals surface area (Å²) >= 11 is 0. The van der Waals surface area contributed by atoms with Crippen molar-refractivity contribution < 1.29 is 18.6 Å². The molecule has 1 unspecified atom stereocenters. The summed E-state index contributed by atoms with van der Waals surface area (Å²) in [6, 6.07) is 14.3. The third kappa shape index (κ3) is 3.57. The number of nitrogens with zero attached hydrogens (tertiary/aromatic N) is 5. The summed E-state index contributed by atoms with van der Waals surface area (Å²) in [5, 5.41) is 4.18. The lowest BCUT2D eigenvalue weighted by Gasteiger charge is -2.31. The molecule has 3 amide bonds. The third-order valence-electron chi connectivity index (χ3n) is 4.97. The molecule has 152 valence electrons. The Balaban J connectivity index is 1.67. The number of carbonyl (C=O) groups is 2. The number of guanidine groups is 1. The topological polar surface area (TPSA) is 80.4 Å². The maximum atomic E-state index is 13.1. The number of likely N-dealkylation sites (N-methyl/N-ethyl adjacent to an activating group) is 2. The monoisotopic (exact) mass is 407 g/mol. The van der Waals surface area contributed by atoms with Gasteiger partial charge in [0.05, 0.1) is 12.8 Å². The molecule has 1 atom stereocenters. The minimum atomic E-state index is -0.735. The van der Waals surface area contributed by atoms with Crippen LogP contribution < -0.4 is 5.43 Å². The zero-order valence-corrected chi connectivity index (χ0v) is 16.5. The molecule has 0 aromatic heterocycles. The van der Waals surface area contributed by atoms with Crippen molar-refractivity contribution >= 4 is 29.9 Å². The van der Waals surface area contributed by atoms with Gasteiger partial charge in [-0.2, -0.15) is 5.43 Å². The van der Waals surface area contributed by atoms with Gasteiger partial charge in [-0.05, 0) is 23.3 Å². The molecule has 1 N–H and O–H groups in total. The van der Waals surface area contributed by atoms with Crippen LogP contribution in [0.25, 0.3) is 0 Å². The van der Waals surface area contributed by atoms with E-state index in [-0.39, 0.29) is 11.7 Å². The zero-order chi connectivity index (χ0) is 21.3. The highest BCUT2D eigenvalue weighted by molar-refractivity contribution is 6.22. The summed E-state index contributed by atoms with van der Waals surface area (Å²) in [7, 11) is 3.04. The number of nitrogens with one attached hydrogen (secondary N) is 1. The van der Waals surface area contributed by atoms with E-state index in [1.54, 1.807) is 23.8 Å². The van der Waals surface area contributed by atoms with Crippen molar-refractivity contribution in [3.05, 3.63) is 71.5 Å². The largest absolute Gasteiger partial charge is 0.414 e. The molecule has 8 nitrogen and oxygen atoms in total. The molecular formula is C21H20FN6O2+. The molecular weight excluding hydrogens is 387 g/mol. The Hall–Kier alpha value is -3.88. The number of hydrazone groups is 1. The molecule has 0 saturated carbocycles. The van der Waals surface area contributed by atoms with E-state index in [4.69, 9.17) is 0 Å². The number of urea groups is 1. The van der Waals surface area contributed by atoms with Crippen molar-refractivity contribution in [3.8, 4) is 0 Å². The second kappa shape index (κ2) is 7.86. The summed E-state index contributed by atoms with van der Waals surface area (Å²) < 4.78 is 14.8. The van der Waals surface area contributed by atoms with Gasteiger partial charge in [0.25, 0.3) is 5.91 Å². The van der Waals surface area contributed by atoms with Crippen molar-refractivity contribution in [2.45, 2.75) is 12.6 Å². The molecule has 2 heterocycles. The fourth-order valence-corrected chi connectivity index (χ4v) is 3.35. The Labute approximate surface area is 172 Å². The van der Waals surface area contributed by atoms with Crippen LogP contribution in [0.15, 0.2) is 64.7 Å². The molecule has 0 bridgehead atoms. The van der Waals surface area contributed by atoms with Crippen molar-refractivity contribution in [2.24, 2.45) is 10.1 Å². The predicted octanol–water partition coefficient (Wildman–Crippen LogP) is 1.62. The Kier molecular flexibility index (Phi) is 5.09. The van der Waals surface area contributed by atoms with Gasteiger partial charge < -0.3 is 0 Å². The molecule has 4 rings (SSSR count). The fraction of sp³-hybridized carbons (Fsp3) is 0.190. The molecule has 2 aromatic rings. The van der Waals surface area contributed by atoms with Gasteiger partial charge in [0.15, 0.2) is 0 Å². The fourth-order valence-electron chi connectivity index (χ4n) is 3.35. The summed E-state index contributed by atoms with van der Waals surface area (Å²) in [6.45, 7) is 0.397. The van der Waals surface area contributed by atoms with E-state index in [2.05, 4.69) is 15.5 Å². The molecule has 1 saturated heterocycles. The second-order valence-electron chi connectivity index (χ2n) is 6.97. The van der Waals surface area contributed by atoms with Gasteiger partial charge >= 0.3 is 12.0 Å². The maximum Gasteiger partial charge on any atom is 0.414 e. The van der Waals surface area contributed by atoms with Crippen molar-refractivity contribution in [2.75, 3.05) is 14.1 Å². The van der Waals surface area contributed by atoms with Gasteiger partial charge in [-0.15, -0.1) is 5.10 Å². The Morgan fingerprint density at radius 3 is 2.50 bits per heavy atom. The average molecular weight is 407 g/mol. The van der Waals surface area contributed by atoms with Crippen LogP contribution in [0.3, 0.4) is 0 Å². The van der Waals surface area contributed by atoms with Crippen molar-refractivity contribution in [1.82, 2.24) is 15.2 Å². The summed E-state index contributed by atoms with van der Waals surface area (Å²) in [5.41, 5.74) is 4.54. The van der Waals surface area contributed by atoms with Crippen LogP contribution in [0.2, 0.25) is 0 Å². The Morgan fingerprint density at radius 2 is 1.80 bits per heavy atom.